The van der Waals surface area contributed by atoms with Crippen molar-refractivity contribution < 1.29 is 0 Å². The third-order valence-corrected chi connectivity index (χ3v) is 9.07. The van der Waals surface area contributed by atoms with Gasteiger partial charge in [-0.25, -0.2) is 0 Å². The van der Waals surface area contributed by atoms with Crippen LogP contribution in [0.1, 0.15) is 28.1 Å². The lowest BCUT2D eigenvalue weighted by molar-refractivity contribution is 0.0838. The maximum absolute atomic E-state index is 6.10. The van der Waals surface area contributed by atoms with Crippen LogP contribution in [0.4, 0.5) is 0 Å². The predicted molar refractivity (Wildman–Crippen MR) is 136 cm³/mol. The summed E-state index contributed by atoms with van der Waals surface area (Å²) in [6, 6.07) is 13.3. The molecule has 2 aliphatic rings. The van der Waals surface area contributed by atoms with E-state index in [1.54, 1.807) is 11.3 Å². The zero-order chi connectivity index (χ0) is 21.3. The summed E-state index contributed by atoms with van der Waals surface area (Å²) in [7, 11) is 0. The van der Waals surface area contributed by atoms with Crippen molar-refractivity contribution in [2.45, 2.75) is 26.1 Å². The number of rotatable bonds is 2. The van der Waals surface area contributed by atoms with Gasteiger partial charge in [-0.15, -0.1) is 11.3 Å². The summed E-state index contributed by atoms with van der Waals surface area (Å²) in [5.41, 5.74) is 5.22. The number of thiocarbonyl (C=S) groups is 2. The Hall–Kier alpha value is -2.13. The SMILES string of the molecule is Cc1ccc(C23Cn4c(cc5ccsc54)C(=S)N2CCN3C(=S)c2csnc2C)cc1. The molecule has 0 N–H and O–H groups in total. The van der Waals surface area contributed by atoms with Crippen molar-refractivity contribution in [2.75, 3.05) is 13.1 Å². The number of fused-ring (bicyclic) bond motifs is 4. The lowest BCUT2D eigenvalue weighted by Gasteiger charge is -2.49. The molecule has 1 aromatic carbocycles. The zero-order valence-electron chi connectivity index (χ0n) is 17.2. The minimum Gasteiger partial charge on any atom is -0.332 e. The molecule has 1 unspecified atom stereocenters. The molecule has 6 rings (SSSR count). The van der Waals surface area contributed by atoms with Gasteiger partial charge in [0.1, 0.15) is 14.8 Å². The van der Waals surface area contributed by atoms with Crippen molar-refractivity contribution in [1.82, 2.24) is 18.7 Å². The fourth-order valence-electron chi connectivity index (χ4n) is 4.96. The lowest BCUT2D eigenvalue weighted by atomic mass is 9.93. The number of benzene rings is 1. The van der Waals surface area contributed by atoms with Gasteiger partial charge in [0.05, 0.1) is 17.9 Å². The molecule has 8 heteroatoms. The smallest absolute Gasteiger partial charge is 0.159 e. The Kier molecular flexibility index (Phi) is 4.37. The largest absolute Gasteiger partial charge is 0.332 e. The first kappa shape index (κ1) is 19.5. The van der Waals surface area contributed by atoms with Gasteiger partial charge in [-0.1, -0.05) is 54.3 Å². The molecule has 1 atom stereocenters. The van der Waals surface area contributed by atoms with Crippen molar-refractivity contribution in [1.29, 1.82) is 0 Å². The van der Waals surface area contributed by atoms with E-state index < -0.39 is 5.66 Å². The Labute approximate surface area is 199 Å². The van der Waals surface area contributed by atoms with Crippen LogP contribution in [0.2, 0.25) is 0 Å². The Bertz CT molecular complexity index is 1350. The molecule has 0 amide bonds. The van der Waals surface area contributed by atoms with E-state index in [1.165, 1.54) is 32.9 Å². The van der Waals surface area contributed by atoms with Gasteiger partial charge in [0, 0.05) is 29.4 Å². The highest BCUT2D eigenvalue weighted by Crippen LogP contribution is 2.46. The average Bonchev–Trinajstić information content (AvgIpc) is 3.52. The van der Waals surface area contributed by atoms with Crippen LogP contribution in [0.15, 0.2) is 47.2 Å². The molecule has 3 aromatic heterocycles. The van der Waals surface area contributed by atoms with Crippen molar-refractivity contribution >= 4 is 67.5 Å². The van der Waals surface area contributed by atoms with Gasteiger partial charge in [0.25, 0.3) is 0 Å². The van der Waals surface area contributed by atoms with Gasteiger partial charge < -0.3 is 14.4 Å². The number of aromatic nitrogens is 2. The van der Waals surface area contributed by atoms with Gasteiger partial charge >= 0.3 is 0 Å². The molecule has 4 aromatic rings. The minimum atomic E-state index is -0.445. The van der Waals surface area contributed by atoms with Crippen LogP contribution in [0.25, 0.3) is 10.2 Å². The van der Waals surface area contributed by atoms with E-state index in [1.807, 2.05) is 6.92 Å². The molecule has 0 saturated carbocycles. The molecular weight excluding hydrogens is 461 g/mol. The van der Waals surface area contributed by atoms with Gasteiger partial charge in [0.15, 0.2) is 5.66 Å². The first-order valence-electron chi connectivity index (χ1n) is 10.2. The standard InChI is InChI=1S/C23H20N4S4/c1-14-3-5-17(6-4-14)23-13-25-19(11-16-7-10-30-22(16)25)21(29)27(23)9-8-26(23)20(28)18-12-31-24-15(18)2/h3-7,10-12H,8-9,13H2,1-2H3. The molecule has 1 fully saturated rings. The fourth-order valence-corrected chi connectivity index (χ4v) is 7.49. The molecule has 0 radical (unpaired) electrons. The Morgan fingerprint density at radius 3 is 2.68 bits per heavy atom. The van der Waals surface area contributed by atoms with Crippen LogP contribution < -0.4 is 0 Å². The molecule has 0 bridgehead atoms. The monoisotopic (exact) mass is 480 g/mol. The van der Waals surface area contributed by atoms with Gasteiger partial charge in [0.2, 0.25) is 0 Å². The summed E-state index contributed by atoms with van der Waals surface area (Å²) in [4.78, 5) is 7.82. The summed E-state index contributed by atoms with van der Waals surface area (Å²) >= 11 is 15.4. The second-order valence-electron chi connectivity index (χ2n) is 8.21. The molecule has 1 saturated heterocycles. The maximum Gasteiger partial charge on any atom is 0.159 e. The first-order valence-corrected chi connectivity index (χ1v) is 12.7. The van der Waals surface area contributed by atoms with E-state index in [-0.39, 0.29) is 0 Å². The number of thiophene rings is 1. The Morgan fingerprint density at radius 2 is 1.94 bits per heavy atom. The van der Waals surface area contributed by atoms with E-state index in [4.69, 9.17) is 24.4 Å². The highest BCUT2D eigenvalue weighted by Gasteiger charge is 2.54. The van der Waals surface area contributed by atoms with Crippen molar-refractivity contribution in [3.8, 4) is 0 Å². The van der Waals surface area contributed by atoms with Crippen molar-refractivity contribution in [2.24, 2.45) is 0 Å². The van der Waals surface area contributed by atoms with E-state index >= 15 is 0 Å². The molecule has 2 aliphatic heterocycles. The fraction of sp³-hybridized carbons (Fsp3) is 0.261. The summed E-state index contributed by atoms with van der Waals surface area (Å²) in [6.45, 7) is 6.63. The number of aryl methyl sites for hydroxylation is 2. The quantitative estimate of drug-likeness (QED) is 0.362. The predicted octanol–water partition coefficient (Wildman–Crippen LogP) is 5.31. The lowest BCUT2D eigenvalue weighted by Crippen LogP contribution is -2.59. The second kappa shape index (κ2) is 6.93. The molecule has 5 heterocycles. The third kappa shape index (κ3) is 2.65. The molecule has 0 aliphatic carbocycles. The Morgan fingerprint density at radius 1 is 1.13 bits per heavy atom. The highest BCUT2D eigenvalue weighted by molar-refractivity contribution is 7.81. The minimum absolute atomic E-state index is 0.445. The summed E-state index contributed by atoms with van der Waals surface area (Å²) in [6.07, 6.45) is 0. The number of hydrogen-bond acceptors (Lipinski definition) is 5. The van der Waals surface area contributed by atoms with Gasteiger partial charge in [-0.3, -0.25) is 0 Å². The van der Waals surface area contributed by atoms with Crippen LogP contribution in [-0.2, 0) is 12.2 Å². The topological polar surface area (TPSA) is 24.3 Å². The Balaban J connectivity index is 1.59. The highest BCUT2D eigenvalue weighted by atomic mass is 32.1. The van der Waals surface area contributed by atoms with Crippen molar-refractivity contribution in [3.05, 3.63) is 75.2 Å². The van der Waals surface area contributed by atoms with Crippen LogP contribution in [0.3, 0.4) is 0 Å². The maximum atomic E-state index is 6.10. The van der Waals surface area contributed by atoms with Gasteiger partial charge in [-0.05, 0) is 48.5 Å². The summed E-state index contributed by atoms with van der Waals surface area (Å²) in [5, 5.41) is 5.49. The molecule has 31 heavy (non-hydrogen) atoms. The van der Waals surface area contributed by atoms with Crippen LogP contribution in [0, 0.1) is 13.8 Å². The van der Waals surface area contributed by atoms with E-state index in [0.717, 1.165) is 46.6 Å². The third-order valence-electron chi connectivity index (χ3n) is 6.52. The number of nitrogens with zero attached hydrogens (tertiary/aromatic N) is 4. The van der Waals surface area contributed by atoms with Crippen LogP contribution >= 0.6 is 47.3 Å². The first-order chi connectivity index (χ1) is 15.0. The van der Waals surface area contributed by atoms with Gasteiger partial charge in [-0.2, -0.15) is 4.37 Å². The normalized spacial score (nSPS) is 20.4. The molecule has 4 nitrogen and oxygen atoms in total. The summed E-state index contributed by atoms with van der Waals surface area (Å²) in [5.74, 6) is 0. The molecule has 156 valence electrons. The van der Waals surface area contributed by atoms with E-state index in [0.29, 0.717) is 0 Å². The van der Waals surface area contributed by atoms with Crippen LogP contribution in [-0.4, -0.2) is 41.8 Å². The average molecular weight is 481 g/mol. The van der Waals surface area contributed by atoms with Crippen molar-refractivity contribution in [3.63, 3.8) is 0 Å². The molecule has 0 spiro atoms. The summed E-state index contributed by atoms with van der Waals surface area (Å²) < 4.78 is 6.88. The van der Waals surface area contributed by atoms with Crippen LogP contribution in [0.5, 0.6) is 0 Å². The molecular formula is C23H20N4S4. The zero-order valence-corrected chi connectivity index (χ0v) is 20.4. The van der Waals surface area contributed by atoms with E-state index in [9.17, 15) is 0 Å². The second-order valence-corrected chi connectivity index (χ2v) is 10.5. The van der Waals surface area contributed by atoms with E-state index in [2.05, 4.69) is 72.8 Å². The number of hydrogen-bond donors (Lipinski definition) is 0.